The van der Waals surface area contributed by atoms with E-state index in [1.165, 1.54) is 4.90 Å². The highest BCUT2D eigenvalue weighted by atomic mass is 19.4. The molecule has 0 saturated carbocycles. The fraction of sp³-hybridized carbons (Fsp3) is 0.562. The van der Waals surface area contributed by atoms with Crippen molar-refractivity contribution < 1.29 is 23.1 Å². The molecule has 0 bridgehead atoms. The normalized spacial score (nSPS) is 21.0. The Hall–Kier alpha value is -1.60. The molecule has 4 nitrogen and oxygen atoms in total. The average molecular weight is 330 g/mol. The minimum absolute atomic E-state index is 0.0542. The van der Waals surface area contributed by atoms with Gasteiger partial charge in [-0.2, -0.15) is 13.2 Å². The second-order valence-corrected chi connectivity index (χ2v) is 5.86. The molecule has 0 spiro atoms. The van der Waals surface area contributed by atoms with Crippen LogP contribution >= 0.6 is 0 Å². The average Bonchev–Trinajstić information content (AvgIpc) is 2.51. The van der Waals surface area contributed by atoms with E-state index in [0.29, 0.717) is 24.9 Å². The molecule has 0 aliphatic carbocycles. The lowest BCUT2D eigenvalue weighted by molar-refractivity contribution is -0.152. The highest BCUT2D eigenvalue weighted by molar-refractivity contribution is 5.79. The minimum atomic E-state index is -4.25. The number of aliphatic hydroxyl groups excluding tert-OH is 1. The van der Waals surface area contributed by atoms with Crippen molar-refractivity contribution in [1.82, 2.24) is 10.2 Å². The number of hydrogen-bond acceptors (Lipinski definition) is 3. The molecule has 1 fully saturated rings. The molecule has 1 saturated heterocycles. The van der Waals surface area contributed by atoms with E-state index < -0.39 is 24.7 Å². The lowest BCUT2D eigenvalue weighted by Gasteiger charge is -2.32. The van der Waals surface area contributed by atoms with Crippen LogP contribution in [-0.2, 0) is 4.79 Å². The standard InChI is InChI=1S/C16H21F3N2O2/c17-16(18,19)11-21-8-4-7-13(10-21)15(23)20-9-14(22)12-5-2-1-3-6-12/h1-3,5-6,13-14,22H,4,7-11H2,(H,20,23). The fourth-order valence-electron chi connectivity index (χ4n) is 2.80. The number of alkyl halides is 3. The summed E-state index contributed by atoms with van der Waals surface area (Å²) in [6, 6.07) is 8.91. The summed E-state index contributed by atoms with van der Waals surface area (Å²) in [7, 11) is 0. The number of benzene rings is 1. The Labute approximate surface area is 133 Å². The summed E-state index contributed by atoms with van der Waals surface area (Å²) in [6.45, 7) is -0.468. The number of piperidine rings is 1. The molecule has 2 rings (SSSR count). The molecule has 1 aromatic rings. The van der Waals surface area contributed by atoms with Gasteiger partial charge < -0.3 is 10.4 Å². The van der Waals surface area contributed by atoms with E-state index in [2.05, 4.69) is 5.32 Å². The Morgan fingerprint density at radius 3 is 2.70 bits per heavy atom. The van der Waals surface area contributed by atoms with Crippen LogP contribution in [0.5, 0.6) is 0 Å². The van der Waals surface area contributed by atoms with E-state index in [1.807, 2.05) is 6.07 Å². The predicted octanol–water partition coefficient (Wildman–Crippen LogP) is 2.11. The number of aliphatic hydroxyl groups is 1. The monoisotopic (exact) mass is 330 g/mol. The first-order valence-electron chi connectivity index (χ1n) is 7.65. The number of rotatable bonds is 5. The second kappa shape index (κ2) is 7.79. The van der Waals surface area contributed by atoms with Gasteiger partial charge in [-0.05, 0) is 24.9 Å². The van der Waals surface area contributed by atoms with Crippen LogP contribution in [0, 0.1) is 5.92 Å². The van der Waals surface area contributed by atoms with Crippen LogP contribution in [0.2, 0.25) is 0 Å². The number of hydrogen-bond donors (Lipinski definition) is 2. The Morgan fingerprint density at radius 1 is 1.35 bits per heavy atom. The zero-order valence-corrected chi connectivity index (χ0v) is 12.7. The van der Waals surface area contributed by atoms with E-state index in [4.69, 9.17) is 0 Å². The van der Waals surface area contributed by atoms with E-state index in [-0.39, 0.29) is 19.0 Å². The van der Waals surface area contributed by atoms with Gasteiger partial charge in [0, 0.05) is 13.1 Å². The third-order valence-electron chi connectivity index (χ3n) is 3.93. The lowest BCUT2D eigenvalue weighted by atomic mass is 9.97. The molecule has 1 aromatic carbocycles. The highest BCUT2D eigenvalue weighted by Crippen LogP contribution is 2.22. The van der Waals surface area contributed by atoms with Crippen molar-refractivity contribution in [2.45, 2.75) is 25.1 Å². The molecule has 2 unspecified atom stereocenters. The van der Waals surface area contributed by atoms with Gasteiger partial charge in [-0.1, -0.05) is 30.3 Å². The maximum absolute atomic E-state index is 12.4. The molecule has 0 radical (unpaired) electrons. The molecule has 1 heterocycles. The quantitative estimate of drug-likeness (QED) is 0.869. The van der Waals surface area contributed by atoms with E-state index in [9.17, 15) is 23.1 Å². The Kier molecular flexibility index (Phi) is 6.01. The van der Waals surface area contributed by atoms with Crippen LogP contribution in [0.4, 0.5) is 13.2 Å². The summed E-state index contributed by atoms with van der Waals surface area (Å²) in [5.41, 5.74) is 0.690. The van der Waals surface area contributed by atoms with Crippen LogP contribution < -0.4 is 5.32 Å². The molecular formula is C16H21F3N2O2. The van der Waals surface area contributed by atoms with Gasteiger partial charge in [0.15, 0.2) is 0 Å². The Morgan fingerprint density at radius 2 is 2.04 bits per heavy atom. The van der Waals surface area contributed by atoms with E-state index in [1.54, 1.807) is 24.3 Å². The Balaban J connectivity index is 1.81. The zero-order valence-electron chi connectivity index (χ0n) is 12.7. The van der Waals surface area contributed by atoms with Crippen LogP contribution in [-0.4, -0.2) is 48.3 Å². The number of nitrogens with zero attached hydrogens (tertiary/aromatic N) is 1. The molecule has 1 amide bonds. The molecule has 128 valence electrons. The molecule has 23 heavy (non-hydrogen) atoms. The van der Waals surface area contributed by atoms with Gasteiger partial charge in [0.05, 0.1) is 18.6 Å². The van der Waals surface area contributed by atoms with Crippen LogP contribution in [0.15, 0.2) is 30.3 Å². The SMILES string of the molecule is O=C(NCC(O)c1ccccc1)C1CCCN(CC(F)(F)F)C1. The summed E-state index contributed by atoms with van der Waals surface area (Å²) >= 11 is 0. The van der Waals surface area contributed by atoms with Crippen LogP contribution in [0.3, 0.4) is 0 Å². The molecular weight excluding hydrogens is 309 g/mol. The third kappa shape index (κ3) is 5.84. The number of nitrogens with one attached hydrogen (secondary N) is 1. The third-order valence-corrected chi connectivity index (χ3v) is 3.93. The smallest absolute Gasteiger partial charge is 0.387 e. The molecule has 0 aromatic heterocycles. The van der Waals surface area contributed by atoms with Crippen molar-refractivity contribution >= 4 is 5.91 Å². The van der Waals surface area contributed by atoms with E-state index >= 15 is 0 Å². The van der Waals surface area contributed by atoms with Gasteiger partial charge in [0.25, 0.3) is 0 Å². The number of carbonyl (C=O) groups excluding carboxylic acids is 1. The number of amides is 1. The zero-order chi connectivity index (χ0) is 16.9. The van der Waals surface area contributed by atoms with Gasteiger partial charge >= 0.3 is 6.18 Å². The number of likely N-dealkylation sites (tertiary alicyclic amines) is 1. The van der Waals surface area contributed by atoms with Crippen LogP contribution in [0.25, 0.3) is 0 Å². The fourth-order valence-corrected chi connectivity index (χ4v) is 2.80. The van der Waals surface area contributed by atoms with Gasteiger partial charge in [-0.25, -0.2) is 0 Å². The first-order chi connectivity index (χ1) is 10.8. The maximum Gasteiger partial charge on any atom is 0.401 e. The first-order valence-corrected chi connectivity index (χ1v) is 7.65. The van der Waals surface area contributed by atoms with Crippen molar-refractivity contribution in [3.63, 3.8) is 0 Å². The van der Waals surface area contributed by atoms with Gasteiger partial charge in [0.1, 0.15) is 0 Å². The molecule has 7 heteroatoms. The largest absolute Gasteiger partial charge is 0.401 e. The summed E-state index contributed by atoms with van der Waals surface area (Å²) < 4.78 is 37.3. The Bertz CT molecular complexity index is 508. The topological polar surface area (TPSA) is 52.6 Å². The number of carbonyl (C=O) groups is 1. The summed E-state index contributed by atoms with van der Waals surface area (Å²) in [5, 5.41) is 12.6. The van der Waals surface area contributed by atoms with E-state index in [0.717, 1.165) is 0 Å². The number of halogens is 3. The minimum Gasteiger partial charge on any atom is -0.387 e. The van der Waals surface area contributed by atoms with Gasteiger partial charge in [-0.3, -0.25) is 9.69 Å². The van der Waals surface area contributed by atoms with Gasteiger partial charge in [0.2, 0.25) is 5.91 Å². The molecule has 2 N–H and O–H groups in total. The van der Waals surface area contributed by atoms with Crippen molar-refractivity contribution in [2.75, 3.05) is 26.2 Å². The summed E-state index contributed by atoms with van der Waals surface area (Å²) in [6.07, 6.45) is -3.94. The first kappa shape index (κ1) is 17.7. The lowest BCUT2D eigenvalue weighted by Crippen LogP contribution is -2.46. The highest BCUT2D eigenvalue weighted by Gasteiger charge is 2.34. The van der Waals surface area contributed by atoms with Crippen molar-refractivity contribution in [1.29, 1.82) is 0 Å². The predicted molar refractivity (Wildman–Crippen MR) is 79.6 cm³/mol. The maximum atomic E-state index is 12.4. The van der Waals surface area contributed by atoms with Crippen LogP contribution in [0.1, 0.15) is 24.5 Å². The van der Waals surface area contributed by atoms with Crippen molar-refractivity contribution in [3.05, 3.63) is 35.9 Å². The molecule has 2 atom stereocenters. The molecule has 1 aliphatic heterocycles. The summed E-state index contributed by atoms with van der Waals surface area (Å²) in [5.74, 6) is -0.763. The van der Waals surface area contributed by atoms with Crippen molar-refractivity contribution in [2.24, 2.45) is 5.92 Å². The summed E-state index contributed by atoms with van der Waals surface area (Å²) in [4.78, 5) is 13.4. The second-order valence-electron chi connectivity index (χ2n) is 5.86. The van der Waals surface area contributed by atoms with Crippen molar-refractivity contribution in [3.8, 4) is 0 Å². The van der Waals surface area contributed by atoms with Gasteiger partial charge in [-0.15, -0.1) is 0 Å². The molecule has 1 aliphatic rings.